The third kappa shape index (κ3) is 6.94. The number of aromatic nitrogens is 1. The lowest BCUT2D eigenvalue weighted by Gasteiger charge is -2.35. The second-order valence-corrected chi connectivity index (χ2v) is 10.4. The van der Waals surface area contributed by atoms with Crippen LogP contribution in [-0.4, -0.2) is 76.4 Å². The van der Waals surface area contributed by atoms with E-state index >= 15 is 0 Å². The van der Waals surface area contributed by atoms with E-state index in [0.717, 1.165) is 35.4 Å². The van der Waals surface area contributed by atoms with Gasteiger partial charge in [0.05, 0.1) is 31.0 Å². The molecule has 1 N–H and O–H groups in total. The average Bonchev–Trinajstić information content (AvgIpc) is 2.81. The minimum atomic E-state index is -0.476. The van der Waals surface area contributed by atoms with Crippen molar-refractivity contribution >= 4 is 12.0 Å². The van der Waals surface area contributed by atoms with Gasteiger partial charge in [-0.3, -0.25) is 9.78 Å². The first kappa shape index (κ1) is 25.0. The van der Waals surface area contributed by atoms with E-state index in [1.807, 2.05) is 57.2 Å². The Labute approximate surface area is 206 Å². The molecule has 35 heavy (non-hydrogen) atoms. The van der Waals surface area contributed by atoms with Gasteiger partial charge in [0.15, 0.2) is 0 Å². The summed E-state index contributed by atoms with van der Waals surface area (Å²) in [6.07, 6.45) is 3.22. The lowest BCUT2D eigenvalue weighted by molar-refractivity contribution is -0.140. The van der Waals surface area contributed by atoms with E-state index in [1.54, 1.807) is 16.0 Å². The van der Waals surface area contributed by atoms with Crippen molar-refractivity contribution < 1.29 is 24.2 Å². The molecule has 4 rings (SSSR count). The maximum atomic E-state index is 12.2. The second-order valence-electron chi connectivity index (χ2n) is 10.4. The van der Waals surface area contributed by atoms with Crippen LogP contribution in [0.4, 0.5) is 4.79 Å². The van der Waals surface area contributed by atoms with E-state index in [2.05, 4.69) is 4.98 Å². The number of rotatable bonds is 6. The number of carbonyl (C=O) groups is 2. The molecule has 2 fully saturated rings. The number of nitrogens with zero attached hydrogens (tertiary/aromatic N) is 3. The molecule has 8 heteroatoms. The zero-order valence-corrected chi connectivity index (χ0v) is 20.8. The van der Waals surface area contributed by atoms with Crippen molar-refractivity contribution in [1.29, 1.82) is 0 Å². The van der Waals surface area contributed by atoms with Crippen LogP contribution in [0.3, 0.4) is 0 Å². The van der Waals surface area contributed by atoms with Crippen LogP contribution < -0.4 is 4.74 Å². The number of aliphatic hydroxyl groups excluding tert-OH is 1. The first-order valence-electron chi connectivity index (χ1n) is 12.3. The molecular formula is C27H35N3O5. The van der Waals surface area contributed by atoms with Crippen molar-refractivity contribution in [2.24, 2.45) is 5.92 Å². The molecule has 2 aromatic rings. The quantitative estimate of drug-likeness (QED) is 0.679. The van der Waals surface area contributed by atoms with E-state index in [9.17, 15) is 14.7 Å². The van der Waals surface area contributed by atoms with Gasteiger partial charge in [-0.05, 0) is 57.2 Å². The SMILES string of the molecule is CC(C)(C)OC(=O)N1CCC(COc2ccc(-c3ccc(CC(=O)N4CC(O)C4)cc3)nc2)CC1. The predicted molar refractivity (Wildman–Crippen MR) is 132 cm³/mol. The molecule has 0 atom stereocenters. The van der Waals surface area contributed by atoms with Gasteiger partial charge in [0.2, 0.25) is 5.91 Å². The maximum absolute atomic E-state index is 12.2. The largest absolute Gasteiger partial charge is 0.492 e. The Bertz CT molecular complexity index is 1000. The van der Waals surface area contributed by atoms with Crippen molar-refractivity contribution in [2.45, 2.75) is 51.7 Å². The van der Waals surface area contributed by atoms with Gasteiger partial charge in [-0.25, -0.2) is 4.79 Å². The van der Waals surface area contributed by atoms with Crippen molar-refractivity contribution in [1.82, 2.24) is 14.8 Å². The van der Waals surface area contributed by atoms with E-state index in [-0.39, 0.29) is 18.1 Å². The molecule has 1 aromatic carbocycles. The Morgan fingerprint density at radius 2 is 1.71 bits per heavy atom. The molecule has 0 radical (unpaired) electrons. The number of benzene rings is 1. The fourth-order valence-corrected chi connectivity index (χ4v) is 4.20. The zero-order valence-electron chi connectivity index (χ0n) is 20.8. The number of likely N-dealkylation sites (tertiary alicyclic amines) is 2. The van der Waals surface area contributed by atoms with Gasteiger partial charge < -0.3 is 24.4 Å². The van der Waals surface area contributed by atoms with Gasteiger partial charge in [-0.1, -0.05) is 24.3 Å². The molecule has 1 aromatic heterocycles. The molecule has 2 saturated heterocycles. The van der Waals surface area contributed by atoms with Gasteiger partial charge in [-0.2, -0.15) is 0 Å². The minimum Gasteiger partial charge on any atom is -0.492 e. The van der Waals surface area contributed by atoms with Crippen LogP contribution in [-0.2, 0) is 16.0 Å². The number of aliphatic hydroxyl groups is 1. The Balaban J connectivity index is 1.21. The molecule has 0 saturated carbocycles. The lowest BCUT2D eigenvalue weighted by atomic mass is 9.98. The van der Waals surface area contributed by atoms with Crippen LogP contribution in [0.1, 0.15) is 39.2 Å². The van der Waals surface area contributed by atoms with Crippen LogP contribution in [0.2, 0.25) is 0 Å². The number of β-amino-alcohol motifs (C(OH)–C–C–N with tert-alkyl or cyclic N) is 1. The highest BCUT2D eigenvalue weighted by Gasteiger charge is 2.29. The third-order valence-electron chi connectivity index (χ3n) is 6.31. The summed E-state index contributed by atoms with van der Waals surface area (Å²) in [4.78, 5) is 32.4. The average molecular weight is 482 g/mol. The summed E-state index contributed by atoms with van der Waals surface area (Å²) in [5.41, 5.74) is 2.28. The molecule has 0 bridgehead atoms. The highest BCUT2D eigenvalue weighted by atomic mass is 16.6. The smallest absolute Gasteiger partial charge is 0.410 e. The summed E-state index contributed by atoms with van der Waals surface area (Å²) in [5, 5.41) is 9.35. The molecule has 3 heterocycles. The third-order valence-corrected chi connectivity index (χ3v) is 6.31. The topological polar surface area (TPSA) is 92.2 Å². The van der Waals surface area contributed by atoms with E-state index in [4.69, 9.17) is 9.47 Å². The van der Waals surface area contributed by atoms with Crippen LogP contribution in [0.15, 0.2) is 42.6 Å². The molecule has 2 aliphatic rings. The Morgan fingerprint density at radius 3 is 2.29 bits per heavy atom. The fraction of sp³-hybridized carbons (Fsp3) is 0.519. The molecule has 188 valence electrons. The first-order chi connectivity index (χ1) is 16.7. The lowest BCUT2D eigenvalue weighted by Crippen LogP contribution is -2.53. The van der Waals surface area contributed by atoms with E-state index in [0.29, 0.717) is 45.1 Å². The number of amides is 2. The monoisotopic (exact) mass is 481 g/mol. The molecule has 0 aliphatic carbocycles. The van der Waals surface area contributed by atoms with Gasteiger partial charge in [0.25, 0.3) is 0 Å². The standard InChI is InChI=1S/C27H35N3O5/c1-27(2,3)35-26(33)29-12-10-20(11-13-29)18-34-23-8-9-24(28-15-23)21-6-4-19(5-7-21)14-25(32)30-16-22(31)17-30/h4-9,15,20,22,31H,10-14,16-18H2,1-3H3. The molecule has 2 amide bonds. The summed E-state index contributed by atoms with van der Waals surface area (Å²) in [6, 6.07) is 11.7. The molecular weight excluding hydrogens is 446 g/mol. The van der Waals surface area contributed by atoms with E-state index in [1.165, 1.54) is 0 Å². The number of piperidine rings is 1. The summed E-state index contributed by atoms with van der Waals surface area (Å²) in [7, 11) is 0. The molecule has 0 unspecified atom stereocenters. The summed E-state index contributed by atoms with van der Waals surface area (Å²) >= 11 is 0. The minimum absolute atomic E-state index is 0.0400. The van der Waals surface area contributed by atoms with Crippen LogP contribution in [0.5, 0.6) is 5.75 Å². The Morgan fingerprint density at radius 1 is 1.03 bits per heavy atom. The zero-order chi connectivity index (χ0) is 25.0. The summed E-state index contributed by atoms with van der Waals surface area (Å²) in [6.45, 7) is 8.46. The van der Waals surface area contributed by atoms with Crippen molar-refractivity contribution in [3.8, 4) is 17.0 Å². The van der Waals surface area contributed by atoms with Crippen LogP contribution >= 0.6 is 0 Å². The van der Waals surface area contributed by atoms with Crippen molar-refractivity contribution in [2.75, 3.05) is 32.8 Å². The van der Waals surface area contributed by atoms with Gasteiger partial charge in [0.1, 0.15) is 11.4 Å². The highest BCUT2D eigenvalue weighted by Crippen LogP contribution is 2.23. The second kappa shape index (κ2) is 10.6. The van der Waals surface area contributed by atoms with E-state index < -0.39 is 5.60 Å². The number of hydrogen-bond acceptors (Lipinski definition) is 6. The predicted octanol–water partition coefficient (Wildman–Crippen LogP) is 3.52. The molecule has 8 nitrogen and oxygen atoms in total. The summed E-state index contributed by atoms with van der Waals surface area (Å²) < 4.78 is 11.4. The van der Waals surface area contributed by atoms with Crippen LogP contribution in [0.25, 0.3) is 11.3 Å². The number of hydrogen-bond donors (Lipinski definition) is 1. The van der Waals surface area contributed by atoms with Crippen molar-refractivity contribution in [3.63, 3.8) is 0 Å². The van der Waals surface area contributed by atoms with Crippen LogP contribution in [0, 0.1) is 5.92 Å². The van der Waals surface area contributed by atoms with Crippen molar-refractivity contribution in [3.05, 3.63) is 48.2 Å². The number of carbonyl (C=O) groups excluding carboxylic acids is 2. The highest BCUT2D eigenvalue weighted by molar-refractivity contribution is 5.79. The first-order valence-corrected chi connectivity index (χ1v) is 12.3. The number of ether oxygens (including phenoxy) is 2. The Hall–Kier alpha value is -3.13. The normalized spacial score (nSPS) is 17.1. The van der Waals surface area contributed by atoms with Gasteiger partial charge in [0, 0.05) is 31.7 Å². The molecule has 0 spiro atoms. The Kier molecular flexibility index (Phi) is 7.60. The summed E-state index contributed by atoms with van der Waals surface area (Å²) in [5.74, 6) is 1.16. The van der Waals surface area contributed by atoms with Gasteiger partial charge in [-0.15, -0.1) is 0 Å². The maximum Gasteiger partial charge on any atom is 0.410 e. The molecule has 2 aliphatic heterocycles. The number of pyridine rings is 1. The fourth-order valence-electron chi connectivity index (χ4n) is 4.20. The van der Waals surface area contributed by atoms with Gasteiger partial charge >= 0.3 is 6.09 Å².